The summed E-state index contributed by atoms with van der Waals surface area (Å²) in [6.07, 6.45) is 6.89. The average molecular weight is 274 g/mol. The second kappa shape index (κ2) is 5.92. The molecule has 1 aromatic heterocycles. The summed E-state index contributed by atoms with van der Waals surface area (Å²) in [7, 11) is 2.19. The number of nitrogens with zero attached hydrogens (tertiary/aromatic N) is 2. The van der Waals surface area contributed by atoms with Crippen LogP contribution in [0.1, 0.15) is 50.8 Å². The second-order valence-electron chi connectivity index (χ2n) is 6.77. The highest BCUT2D eigenvalue weighted by Gasteiger charge is 2.28. The van der Waals surface area contributed by atoms with Gasteiger partial charge in [0.2, 0.25) is 0 Å². The van der Waals surface area contributed by atoms with Gasteiger partial charge in [-0.1, -0.05) is 13.8 Å². The molecule has 0 amide bonds. The Morgan fingerprint density at radius 2 is 2.10 bits per heavy atom. The average Bonchev–Trinajstić information content (AvgIpc) is 2.38. The van der Waals surface area contributed by atoms with Crippen LogP contribution in [0.4, 0.5) is 0 Å². The van der Waals surface area contributed by atoms with Crippen LogP contribution >= 0.6 is 0 Å². The summed E-state index contributed by atoms with van der Waals surface area (Å²) in [4.78, 5) is 6.53. The van der Waals surface area contributed by atoms with E-state index in [1.165, 1.54) is 31.2 Å². The zero-order valence-corrected chi connectivity index (χ0v) is 12.8. The van der Waals surface area contributed by atoms with Gasteiger partial charge < -0.3 is 5.73 Å². The Bertz CT molecular complexity index is 471. The molecule has 4 heteroatoms. The highest BCUT2D eigenvalue weighted by Crippen LogP contribution is 2.36. The van der Waals surface area contributed by atoms with E-state index >= 15 is 0 Å². The molecule has 0 aromatic carbocycles. The molecule has 0 saturated heterocycles. The van der Waals surface area contributed by atoms with Gasteiger partial charge in [-0.3, -0.25) is 15.3 Å². The Morgan fingerprint density at radius 3 is 2.70 bits per heavy atom. The lowest BCUT2D eigenvalue weighted by atomic mass is 9.75. The van der Waals surface area contributed by atoms with Gasteiger partial charge in [0.05, 0.1) is 0 Å². The number of nitrogens with two attached hydrogens (primary N) is 1. The molecule has 1 heterocycles. The molecule has 0 radical (unpaired) electrons. The molecule has 20 heavy (non-hydrogen) atoms. The minimum atomic E-state index is 0.0360. The van der Waals surface area contributed by atoms with Crippen LogP contribution < -0.4 is 5.73 Å². The molecule has 0 unspecified atom stereocenters. The lowest BCUT2D eigenvalue weighted by molar-refractivity contribution is 0.123. The minimum absolute atomic E-state index is 0.0360. The number of nitrogen functional groups attached to an aromatic ring is 1. The quantitative estimate of drug-likeness (QED) is 0.655. The number of pyridine rings is 1. The van der Waals surface area contributed by atoms with Gasteiger partial charge in [0.15, 0.2) is 0 Å². The number of rotatable bonds is 4. The van der Waals surface area contributed by atoms with Crippen LogP contribution in [0.2, 0.25) is 0 Å². The van der Waals surface area contributed by atoms with E-state index in [4.69, 9.17) is 11.1 Å². The molecule has 3 N–H and O–H groups in total. The predicted octanol–water partition coefficient (Wildman–Crippen LogP) is 2.77. The Morgan fingerprint density at radius 1 is 1.45 bits per heavy atom. The van der Waals surface area contributed by atoms with E-state index in [9.17, 15) is 0 Å². The van der Waals surface area contributed by atoms with E-state index in [2.05, 4.69) is 30.8 Å². The van der Waals surface area contributed by atoms with Crippen molar-refractivity contribution in [3.05, 3.63) is 29.6 Å². The lowest BCUT2D eigenvalue weighted by Gasteiger charge is -2.38. The third-order valence-corrected chi connectivity index (χ3v) is 4.46. The van der Waals surface area contributed by atoms with Crippen molar-refractivity contribution in [3.8, 4) is 0 Å². The fourth-order valence-corrected chi connectivity index (χ4v) is 2.96. The SMILES string of the molecule is CN(Cc1ccnc(C(=N)N)c1)C1CCC(C)(C)CC1. The molecule has 1 aliphatic rings. The maximum atomic E-state index is 7.46. The maximum absolute atomic E-state index is 7.46. The predicted molar refractivity (Wildman–Crippen MR) is 82.8 cm³/mol. The first-order valence-corrected chi connectivity index (χ1v) is 7.37. The van der Waals surface area contributed by atoms with Crippen molar-refractivity contribution in [2.75, 3.05) is 7.05 Å². The van der Waals surface area contributed by atoms with Gasteiger partial charge in [-0.05, 0) is 55.8 Å². The fraction of sp³-hybridized carbons (Fsp3) is 0.625. The van der Waals surface area contributed by atoms with Gasteiger partial charge in [-0.2, -0.15) is 0 Å². The number of nitrogens with one attached hydrogen (secondary N) is 1. The van der Waals surface area contributed by atoms with E-state index in [1.54, 1.807) is 6.20 Å². The smallest absolute Gasteiger partial charge is 0.141 e. The minimum Gasteiger partial charge on any atom is -0.382 e. The standard InChI is InChI=1S/C16H26N4/c1-16(2)7-4-13(5-8-16)20(3)11-12-6-9-19-14(10-12)15(17)18/h6,9-10,13H,4-5,7-8,11H2,1-3H3,(H3,17,18). The molecule has 1 aromatic rings. The summed E-state index contributed by atoms with van der Waals surface area (Å²) in [6, 6.07) is 4.60. The van der Waals surface area contributed by atoms with Gasteiger partial charge in [0.1, 0.15) is 11.5 Å². The first-order valence-electron chi connectivity index (χ1n) is 7.37. The van der Waals surface area contributed by atoms with Crippen LogP contribution in [-0.4, -0.2) is 28.8 Å². The molecule has 0 bridgehead atoms. The fourth-order valence-electron chi connectivity index (χ4n) is 2.96. The summed E-state index contributed by atoms with van der Waals surface area (Å²) < 4.78 is 0. The van der Waals surface area contributed by atoms with Crippen LogP contribution in [0.5, 0.6) is 0 Å². The van der Waals surface area contributed by atoms with Gasteiger partial charge in [-0.25, -0.2) is 0 Å². The molecule has 2 rings (SSSR count). The van der Waals surface area contributed by atoms with Crippen LogP contribution in [0.15, 0.2) is 18.3 Å². The van der Waals surface area contributed by atoms with Crippen LogP contribution in [0.3, 0.4) is 0 Å². The Labute approximate surface area is 121 Å². The zero-order valence-electron chi connectivity index (χ0n) is 12.8. The Balaban J connectivity index is 1.96. The largest absolute Gasteiger partial charge is 0.382 e. The first-order chi connectivity index (χ1) is 9.37. The van der Waals surface area contributed by atoms with E-state index in [-0.39, 0.29) is 5.84 Å². The maximum Gasteiger partial charge on any atom is 0.141 e. The summed E-state index contributed by atoms with van der Waals surface area (Å²) in [5.74, 6) is 0.0360. The number of hydrogen-bond acceptors (Lipinski definition) is 3. The molecular weight excluding hydrogens is 248 g/mol. The summed E-state index contributed by atoms with van der Waals surface area (Å²) in [5, 5.41) is 7.46. The van der Waals surface area contributed by atoms with Crippen molar-refractivity contribution < 1.29 is 0 Å². The van der Waals surface area contributed by atoms with E-state index in [0.717, 1.165) is 6.54 Å². The molecule has 1 saturated carbocycles. The van der Waals surface area contributed by atoms with Gasteiger partial charge >= 0.3 is 0 Å². The van der Waals surface area contributed by atoms with E-state index in [0.29, 0.717) is 17.2 Å². The van der Waals surface area contributed by atoms with Crippen molar-refractivity contribution in [1.82, 2.24) is 9.88 Å². The van der Waals surface area contributed by atoms with Crippen molar-refractivity contribution in [3.63, 3.8) is 0 Å². The molecule has 1 aliphatic carbocycles. The summed E-state index contributed by atoms with van der Waals surface area (Å²) >= 11 is 0. The highest BCUT2D eigenvalue weighted by molar-refractivity contribution is 5.93. The zero-order chi connectivity index (χ0) is 14.8. The Hall–Kier alpha value is -1.42. The monoisotopic (exact) mass is 274 g/mol. The topological polar surface area (TPSA) is 66.0 Å². The van der Waals surface area contributed by atoms with E-state index < -0.39 is 0 Å². The van der Waals surface area contributed by atoms with Crippen LogP contribution in [-0.2, 0) is 6.54 Å². The molecular formula is C16H26N4. The summed E-state index contributed by atoms with van der Waals surface area (Å²) in [6.45, 7) is 5.63. The molecule has 0 aliphatic heterocycles. The Kier molecular flexibility index (Phi) is 4.43. The van der Waals surface area contributed by atoms with Gasteiger partial charge in [0, 0.05) is 18.8 Å². The summed E-state index contributed by atoms with van der Waals surface area (Å²) in [5.41, 5.74) is 7.75. The third kappa shape index (κ3) is 3.79. The number of aromatic nitrogens is 1. The van der Waals surface area contributed by atoms with E-state index in [1.807, 2.05) is 12.1 Å². The molecule has 1 fully saturated rings. The highest BCUT2D eigenvalue weighted by atomic mass is 15.1. The second-order valence-corrected chi connectivity index (χ2v) is 6.77. The van der Waals surface area contributed by atoms with Gasteiger partial charge in [-0.15, -0.1) is 0 Å². The normalized spacial score (nSPS) is 19.2. The van der Waals surface area contributed by atoms with Crippen molar-refractivity contribution in [1.29, 1.82) is 5.41 Å². The first kappa shape index (κ1) is 15.0. The number of hydrogen-bond donors (Lipinski definition) is 2. The number of amidine groups is 1. The lowest BCUT2D eigenvalue weighted by Crippen LogP contribution is -2.36. The molecule has 110 valence electrons. The van der Waals surface area contributed by atoms with Gasteiger partial charge in [0.25, 0.3) is 0 Å². The van der Waals surface area contributed by atoms with Crippen molar-refractivity contribution >= 4 is 5.84 Å². The van der Waals surface area contributed by atoms with Crippen LogP contribution in [0, 0.1) is 10.8 Å². The third-order valence-electron chi connectivity index (χ3n) is 4.46. The van der Waals surface area contributed by atoms with Crippen molar-refractivity contribution in [2.24, 2.45) is 11.1 Å². The molecule has 4 nitrogen and oxygen atoms in total. The van der Waals surface area contributed by atoms with Crippen molar-refractivity contribution in [2.45, 2.75) is 52.1 Å². The molecule has 0 atom stereocenters. The van der Waals surface area contributed by atoms with Crippen LogP contribution in [0.25, 0.3) is 0 Å². The molecule has 0 spiro atoms.